The van der Waals surface area contributed by atoms with Crippen LogP contribution in [-0.2, 0) is 6.42 Å². The van der Waals surface area contributed by atoms with E-state index >= 15 is 0 Å². The molecular formula is C18H19N3S. The number of pyridine rings is 1. The largest absolute Gasteiger partial charge is 0.399 e. The summed E-state index contributed by atoms with van der Waals surface area (Å²) in [6, 6.07) is 9.91. The Kier molecular flexibility index (Phi) is 4.20. The van der Waals surface area contributed by atoms with Gasteiger partial charge in [-0.05, 0) is 43.0 Å². The molecule has 0 saturated carbocycles. The lowest BCUT2D eigenvalue weighted by molar-refractivity contribution is 0.846. The van der Waals surface area contributed by atoms with Crippen molar-refractivity contribution in [2.45, 2.75) is 19.3 Å². The predicted molar refractivity (Wildman–Crippen MR) is 95.8 cm³/mol. The van der Waals surface area contributed by atoms with Gasteiger partial charge in [-0.25, -0.2) is 0 Å². The number of aromatic nitrogens is 1. The van der Waals surface area contributed by atoms with Gasteiger partial charge in [0, 0.05) is 44.7 Å². The number of benzene rings is 1. The van der Waals surface area contributed by atoms with Crippen LogP contribution in [0.1, 0.15) is 29.5 Å². The molecule has 1 aliphatic rings. The van der Waals surface area contributed by atoms with E-state index in [2.05, 4.69) is 11.6 Å². The van der Waals surface area contributed by atoms with Gasteiger partial charge in [0.05, 0.1) is 0 Å². The topological polar surface area (TPSA) is 64.9 Å². The Bertz CT molecular complexity index is 735. The van der Waals surface area contributed by atoms with Crippen LogP contribution in [0.2, 0.25) is 0 Å². The van der Waals surface area contributed by atoms with Gasteiger partial charge in [-0.15, -0.1) is 0 Å². The molecule has 4 heteroatoms. The number of fused-ring (bicyclic) bond motifs is 1. The number of anilines is 1. The van der Waals surface area contributed by atoms with E-state index in [1.54, 1.807) is 18.0 Å². The number of rotatable bonds is 3. The fourth-order valence-electron chi connectivity index (χ4n) is 2.65. The molecule has 0 unspecified atom stereocenters. The minimum absolute atomic E-state index is 0.794. The molecular weight excluding hydrogens is 290 g/mol. The normalized spacial score (nSPS) is 14.4. The summed E-state index contributed by atoms with van der Waals surface area (Å²) in [5.74, 6) is 0. The third-order valence-corrected chi connectivity index (χ3v) is 4.95. The van der Waals surface area contributed by atoms with Crippen molar-refractivity contribution >= 4 is 28.1 Å². The number of hydrogen-bond acceptors (Lipinski definition) is 4. The molecule has 112 valence electrons. The summed E-state index contributed by atoms with van der Waals surface area (Å²) in [7, 11) is 0. The molecule has 0 fully saturated rings. The van der Waals surface area contributed by atoms with E-state index in [-0.39, 0.29) is 0 Å². The van der Waals surface area contributed by atoms with Gasteiger partial charge in [0.2, 0.25) is 0 Å². The van der Waals surface area contributed by atoms with Crippen molar-refractivity contribution < 1.29 is 0 Å². The van der Waals surface area contributed by atoms with Crippen molar-refractivity contribution in [3.8, 4) is 0 Å². The first kappa shape index (κ1) is 14.7. The van der Waals surface area contributed by atoms with E-state index in [1.807, 2.05) is 36.5 Å². The number of aryl methyl sites for hydroxylation is 1. The third-order valence-electron chi connectivity index (χ3n) is 3.80. The highest BCUT2D eigenvalue weighted by atomic mass is 32.2. The average molecular weight is 309 g/mol. The molecule has 1 aliphatic carbocycles. The summed E-state index contributed by atoms with van der Waals surface area (Å²) in [6.07, 6.45) is 6.63. The van der Waals surface area contributed by atoms with Crippen LogP contribution >= 0.6 is 11.8 Å². The Labute approximate surface area is 135 Å². The van der Waals surface area contributed by atoms with Crippen molar-refractivity contribution in [1.29, 1.82) is 0 Å². The molecule has 1 heterocycles. The molecule has 1 aromatic heterocycles. The van der Waals surface area contributed by atoms with E-state index < -0.39 is 0 Å². The zero-order valence-electron chi connectivity index (χ0n) is 12.4. The van der Waals surface area contributed by atoms with Crippen LogP contribution < -0.4 is 11.5 Å². The van der Waals surface area contributed by atoms with Gasteiger partial charge in [-0.2, -0.15) is 0 Å². The Hall–Kier alpha value is -2.20. The minimum atomic E-state index is 0.794. The maximum atomic E-state index is 6.43. The third kappa shape index (κ3) is 3.02. The second-order valence-corrected chi connectivity index (χ2v) is 6.56. The van der Waals surface area contributed by atoms with Gasteiger partial charge in [0.15, 0.2) is 0 Å². The maximum Gasteiger partial charge on any atom is 0.0490 e. The fraction of sp³-hybridized carbons (Fsp3) is 0.167. The number of allylic oxidation sites excluding steroid dienone is 1. The van der Waals surface area contributed by atoms with Crippen LogP contribution in [-0.4, -0.2) is 4.98 Å². The maximum absolute atomic E-state index is 6.43. The molecule has 3 nitrogen and oxygen atoms in total. The molecule has 0 radical (unpaired) electrons. The number of thioether (sulfide) groups is 1. The van der Waals surface area contributed by atoms with Gasteiger partial charge in [0.1, 0.15) is 0 Å². The van der Waals surface area contributed by atoms with Gasteiger partial charge < -0.3 is 11.5 Å². The SMILES string of the molecule is C=C(SC1=C(N)c2ccc(N)cc2CCC1)c1cccnc1. The van der Waals surface area contributed by atoms with E-state index in [9.17, 15) is 0 Å². The zero-order valence-corrected chi connectivity index (χ0v) is 13.2. The van der Waals surface area contributed by atoms with Crippen LogP contribution in [0.5, 0.6) is 0 Å². The van der Waals surface area contributed by atoms with E-state index in [0.717, 1.165) is 46.7 Å². The summed E-state index contributed by atoms with van der Waals surface area (Å²) in [5.41, 5.74) is 17.3. The zero-order chi connectivity index (χ0) is 15.5. The van der Waals surface area contributed by atoms with Crippen molar-refractivity contribution in [1.82, 2.24) is 4.98 Å². The Morgan fingerprint density at radius 1 is 1.18 bits per heavy atom. The number of nitrogen functional groups attached to an aromatic ring is 1. The lowest BCUT2D eigenvalue weighted by Gasteiger charge is -2.12. The lowest BCUT2D eigenvalue weighted by Crippen LogP contribution is -2.02. The second kappa shape index (κ2) is 6.28. The van der Waals surface area contributed by atoms with Crippen molar-refractivity contribution in [3.05, 3.63) is 70.9 Å². The summed E-state index contributed by atoms with van der Waals surface area (Å²) in [5, 5.41) is 0. The standard InChI is InChI=1S/C18H19N3S/c1-12(14-5-3-9-21-11-14)22-17-6-2-4-13-10-15(19)7-8-16(13)18(17)20/h3,5,7-11H,1-2,4,6,19-20H2. The molecule has 22 heavy (non-hydrogen) atoms. The second-order valence-electron chi connectivity index (χ2n) is 5.37. The van der Waals surface area contributed by atoms with Gasteiger partial charge in [-0.3, -0.25) is 4.98 Å². The average Bonchev–Trinajstić information content (AvgIpc) is 2.68. The Morgan fingerprint density at radius 2 is 2.05 bits per heavy atom. The van der Waals surface area contributed by atoms with Crippen LogP contribution in [0.3, 0.4) is 0 Å². The van der Waals surface area contributed by atoms with E-state index in [1.165, 1.54) is 10.5 Å². The van der Waals surface area contributed by atoms with Crippen molar-refractivity contribution in [2.24, 2.45) is 5.73 Å². The van der Waals surface area contributed by atoms with Crippen LogP contribution in [0.25, 0.3) is 10.6 Å². The highest BCUT2D eigenvalue weighted by Crippen LogP contribution is 2.40. The highest BCUT2D eigenvalue weighted by Gasteiger charge is 2.17. The van der Waals surface area contributed by atoms with Crippen LogP contribution in [0.15, 0.2) is 54.2 Å². The predicted octanol–water partition coefficient (Wildman–Crippen LogP) is 4.03. The Morgan fingerprint density at radius 3 is 2.82 bits per heavy atom. The van der Waals surface area contributed by atoms with Crippen LogP contribution in [0.4, 0.5) is 5.69 Å². The van der Waals surface area contributed by atoms with E-state index in [0.29, 0.717) is 0 Å². The molecule has 0 aliphatic heterocycles. The summed E-state index contributed by atoms with van der Waals surface area (Å²) < 4.78 is 0. The minimum Gasteiger partial charge on any atom is -0.399 e. The molecule has 1 aromatic carbocycles. The molecule has 4 N–H and O–H groups in total. The first-order valence-electron chi connectivity index (χ1n) is 7.29. The molecule has 0 saturated heterocycles. The van der Waals surface area contributed by atoms with Crippen molar-refractivity contribution in [2.75, 3.05) is 5.73 Å². The first-order valence-corrected chi connectivity index (χ1v) is 8.11. The quantitative estimate of drug-likeness (QED) is 0.840. The fourth-order valence-corrected chi connectivity index (χ4v) is 3.65. The van der Waals surface area contributed by atoms with Crippen LogP contribution in [0, 0.1) is 0 Å². The lowest BCUT2D eigenvalue weighted by atomic mass is 10.0. The summed E-state index contributed by atoms with van der Waals surface area (Å²) in [4.78, 5) is 6.30. The smallest absolute Gasteiger partial charge is 0.0490 e. The molecule has 0 bridgehead atoms. The molecule has 3 rings (SSSR count). The van der Waals surface area contributed by atoms with E-state index in [4.69, 9.17) is 11.5 Å². The molecule has 0 atom stereocenters. The highest BCUT2D eigenvalue weighted by molar-refractivity contribution is 8.11. The van der Waals surface area contributed by atoms with Gasteiger partial charge >= 0.3 is 0 Å². The monoisotopic (exact) mass is 309 g/mol. The number of hydrogen-bond donors (Lipinski definition) is 2. The molecule has 2 aromatic rings. The molecule has 0 spiro atoms. The van der Waals surface area contributed by atoms with Gasteiger partial charge in [-0.1, -0.05) is 30.5 Å². The van der Waals surface area contributed by atoms with Gasteiger partial charge in [0.25, 0.3) is 0 Å². The summed E-state index contributed by atoms with van der Waals surface area (Å²) >= 11 is 1.65. The first-order chi connectivity index (χ1) is 10.6. The molecule has 0 amide bonds. The Balaban J connectivity index is 1.91. The number of nitrogens with two attached hydrogens (primary N) is 2. The number of nitrogens with zero attached hydrogens (tertiary/aromatic N) is 1. The van der Waals surface area contributed by atoms with Crippen molar-refractivity contribution in [3.63, 3.8) is 0 Å². The summed E-state index contributed by atoms with van der Waals surface area (Å²) in [6.45, 7) is 4.17.